The van der Waals surface area contributed by atoms with Crippen molar-refractivity contribution in [3.63, 3.8) is 0 Å². The first-order valence-corrected chi connectivity index (χ1v) is 8.82. The molecule has 10 nitrogen and oxygen atoms in total. The van der Waals surface area contributed by atoms with E-state index in [2.05, 4.69) is 15.0 Å². The van der Waals surface area contributed by atoms with Gasteiger partial charge in [0.05, 0.1) is 20.0 Å². The predicted molar refractivity (Wildman–Crippen MR) is 105 cm³/mol. The molecule has 0 radical (unpaired) electrons. The number of hydrogen-bond acceptors (Lipinski definition) is 7. The Kier molecular flexibility index (Phi) is 5.90. The first-order valence-electron chi connectivity index (χ1n) is 8.82. The molecule has 2 aromatic heterocycles. The fourth-order valence-corrected chi connectivity index (χ4v) is 2.94. The van der Waals surface area contributed by atoms with Gasteiger partial charge in [-0.05, 0) is 30.5 Å². The van der Waals surface area contributed by atoms with Gasteiger partial charge in [0.1, 0.15) is 5.52 Å². The van der Waals surface area contributed by atoms with Crippen LogP contribution in [0.5, 0.6) is 6.01 Å². The Morgan fingerprint density at radius 3 is 2.86 bits per heavy atom. The number of aliphatic hydroxyl groups is 1. The summed E-state index contributed by atoms with van der Waals surface area (Å²) in [7, 11) is 1.48. The summed E-state index contributed by atoms with van der Waals surface area (Å²) in [6.45, 7) is 0.999. The van der Waals surface area contributed by atoms with Gasteiger partial charge in [-0.25, -0.2) is 9.78 Å². The highest BCUT2D eigenvalue weighted by atomic mass is 16.5. The lowest BCUT2D eigenvalue weighted by Crippen LogP contribution is -2.36. The number of aromatic nitrogens is 4. The van der Waals surface area contributed by atoms with Crippen LogP contribution in [-0.2, 0) is 13.2 Å². The number of methoxy groups -OCH3 is 1. The highest BCUT2D eigenvalue weighted by molar-refractivity contribution is 5.90. The molecule has 3 rings (SSSR count). The lowest BCUT2D eigenvalue weighted by molar-refractivity contribution is 0.253. The Hall–Kier alpha value is -3.40. The third-order valence-corrected chi connectivity index (χ3v) is 4.35. The summed E-state index contributed by atoms with van der Waals surface area (Å²) in [5.41, 5.74) is 13.9. The number of anilines is 2. The van der Waals surface area contributed by atoms with Gasteiger partial charge in [0.25, 0.3) is 0 Å². The Balaban J connectivity index is 1.65. The highest BCUT2D eigenvalue weighted by Gasteiger charge is 2.14. The number of amides is 2. The zero-order chi connectivity index (χ0) is 20.1. The quantitative estimate of drug-likeness (QED) is 0.495. The second-order valence-electron chi connectivity index (χ2n) is 6.23. The normalized spacial score (nSPS) is 10.9. The molecule has 1 aromatic carbocycles. The van der Waals surface area contributed by atoms with Crippen molar-refractivity contribution in [2.45, 2.75) is 26.0 Å². The molecular formula is C18H23N7O3. The van der Waals surface area contributed by atoms with Crippen molar-refractivity contribution in [3.8, 4) is 6.01 Å². The number of nitrogens with zero attached hydrogens (tertiary/aromatic N) is 5. The van der Waals surface area contributed by atoms with Gasteiger partial charge in [0.15, 0.2) is 11.5 Å². The highest BCUT2D eigenvalue weighted by Crippen LogP contribution is 2.20. The van der Waals surface area contributed by atoms with E-state index in [1.54, 1.807) is 30.6 Å². The number of aliphatic hydroxyl groups excluding tert-OH is 1. The number of unbranched alkanes of at least 4 members (excludes halogenated alkanes) is 1. The van der Waals surface area contributed by atoms with E-state index in [-0.39, 0.29) is 18.4 Å². The van der Waals surface area contributed by atoms with Crippen LogP contribution in [0, 0.1) is 0 Å². The molecule has 0 fully saturated rings. The van der Waals surface area contributed by atoms with Gasteiger partial charge in [-0.1, -0.05) is 12.1 Å². The molecule has 0 saturated heterocycles. The molecule has 5 N–H and O–H groups in total. The van der Waals surface area contributed by atoms with Crippen molar-refractivity contribution in [2.24, 2.45) is 5.73 Å². The number of urea groups is 1. The summed E-state index contributed by atoms with van der Waals surface area (Å²) in [6, 6.07) is 6.77. The SMILES string of the molecule is COc1nc(N)c2ncn(CCCCN(C(N)=O)c3cccc(CO)c3)c2n1. The van der Waals surface area contributed by atoms with E-state index < -0.39 is 6.03 Å². The maximum absolute atomic E-state index is 11.8. The molecule has 148 valence electrons. The number of ether oxygens (including phenoxy) is 1. The summed E-state index contributed by atoms with van der Waals surface area (Å²) in [5.74, 6) is 0.268. The van der Waals surface area contributed by atoms with Crippen LogP contribution >= 0.6 is 0 Å². The Bertz CT molecular complexity index is 973. The summed E-state index contributed by atoms with van der Waals surface area (Å²) < 4.78 is 6.93. The second kappa shape index (κ2) is 8.53. The number of fused-ring (bicyclic) bond motifs is 1. The topological polar surface area (TPSA) is 145 Å². The molecule has 2 heterocycles. The van der Waals surface area contributed by atoms with Crippen molar-refractivity contribution < 1.29 is 14.6 Å². The number of rotatable bonds is 8. The first-order chi connectivity index (χ1) is 13.5. The number of benzene rings is 1. The van der Waals surface area contributed by atoms with Gasteiger partial charge in [-0.3, -0.25) is 4.90 Å². The molecule has 10 heteroatoms. The van der Waals surface area contributed by atoms with Crippen molar-refractivity contribution in [3.05, 3.63) is 36.2 Å². The average Bonchev–Trinajstić information content (AvgIpc) is 3.11. The van der Waals surface area contributed by atoms with Crippen molar-refractivity contribution in [1.82, 2.24) is 19.5 Å². The minimum absolute atomic E-state index is 0.0946. The minimum atomic E-state index is -0.534. The van der Waals surface area contributed by atoms with Crippen molar-refractivity contribution in [2.75, 3.05) is 24.3 Å². The monoisotopic (exact) mass is 385 g/mol. The Morgan fingerprint density at radius 2 is 2.14 bits per heavy atom. The fraction of sp³-hybridized carbons (Fsp3) is 0.333. The summed E-state index contributed by atoms with van der Waals surface area (Å²) in [5, 5.41) is 9.27. The smallest absolute Gasteiger partial charge is 0.320 e. The van der Waals surface area contributed by atoms with Crippen LogP contribution in [0.2, 0.25) is 0 Å². The number of primary amides is 1. The molecule has 0 aliphatic carbocycles. The van der Waals surface area contributed by atoms with Crippen LogP contribution < -0.4 is 21.1 Å². The van der Waals surface area contributed by atoms with E-state index in [1.165, 1.54) is 12.0 Å². The molecule has 0 saturated carbocycles. The van der Waals surface area contributed by atoms with Gasteiger partial charge >= 0.3 is 12.0 Å². The number of nitrogens with two attached hydrogens (primary N) is 2. The van der Waals surface area contributed by atoms with Crippen LogP contribution in [0.1, 0.15) is 18.4 Å². The lowest BCUT2D eigenvalue weighted by Gasteiger charge is -2.21. The molecule has 0 unspecified atom stereocenters. The number of carbonyl (C=O) groups is 1. The van der Waals surface area contributed by atoms with E-state index in [0.29, 0.717) is 36.4 Å². The number of aryl methyl sites for hydroxylation is 1. The zero-order valence-electron chi connectivity index (χ0n) is 15.6. The van der Waals surface area contributed by atoms with Gasteiger partial charge in [-0.2, -0.15) is 9.97 Å². The largest absolute Gasteiger partial charge is 0.467 e. The molecular weight excluding hydrogens is 362 g/mol. The van der Waals surface area contributed by atoms with Crippen LogP contribution in [0.15, 0.2) is 30.6 Å². The number of imidazole rings is 1. The van der Waals surface area contributed by atoms with Gasteiger partial charge in [-0.15, -0.1) is 0 Å². The number of hydrogen-bond donors (Lipinski definition) is 3. The number of nitrogen functional groups attached to an aromatic ring is 1. The molecule has 28 heavy (non-hydrogen) atoms. The second-order valence-corrected chi connectivity index (χ2v) is 6.23. The summed E-state index contributed by atoms with van der Waals surface area (Å²) in [6.07, 6.45) is 3.14. The molecule has 2 amide bonds. The molecule has 0 spiro atoms. The van der Waals surface area contributed by atoms with Crippen molar-refractivity contribution >= 4 is 28.7 Å². The van der Waals surface area contributed by atoms with E-state index in [1.807, 2.05) is 4.57 Å². The van der Waals surface area contributed by atoms with Gasteiger partial charge < -0.3 is 25.9 Å². The third kappa shape index (κ3) is 4.12. The Labute approximate surface area is 161 Å². The first kappa shape index (κ1) is 19.4. The Morgan fingerprint density at radius 1 is 1.32 bits per heavy atom. The average molecular weight is 385 g/mol. The van der Waals surface area contributed by atoms with E-state index in [9.17, 15) is 9.90 Å². The predicted octanol–water partition coefficient (Wildman–Crippen LogP) is 1.27. The van der Waals surface area contributed by atoms with E-state index >= 15 is 0 Å². The molecule has 0 bridgehead atoms. The van der Waals surface area contributed by atoms with Crippen LogP contribution in [0.3, 0.4) is 0 Å². The van der Waals surface area contributed by atoms with Crippen LogP contribution in [0.4, 0.5) is 16.3 Å². The van der Waals surface area contributed by atoms with Crippen LogP contribution in [0.25, 0.3) is 11.2 Å². The van der Waals surface area contributed by atoms with Gasteiger partial charge in [0, 0.05) is 18.8 Å². The standard InChI is InChI=1S/C18H23N7O3/c1-28-18-22-15(19)14-16(23-18)24(11-21-14)7-2-3-8-25(17(20)27)13-6-4-5-12(9-13)10-26/h4-6,9,11,26H,2-3,7-8,10H2,1H3,(H2,20,27)(H2,19,22,23). The summed E-state index contributed by atoms with van der Waals surface area (Å²) >= 11 is 0. The summed E-state index contributed by atoms with van der Waals surface area (Å²) in [4.78, 5) is 25.9. The molecule has 3 aromatic rings. The van der Waals surface area contributed by atoms with Crippen LogP contribution in [-0.4, -0.2) is 44.3 Å². The zero-order valence-corrected chi connectivity index (χ0v) is 15.6. The minimum Gasteiger partial charge on any atom is -0.467 e. The fourth-order valence-electron chi connectivity index (χ4n) is 2.94. The molecule has 0 aliphatic rings. The van der Waals surface area contributed by atoms with Gasteiger partial charge in [0.2, 0.25) is 0 Å². The number of carbonyl (C=O) groups excluding carboxylic acids is 1. The molecule has 0 atom stereocenters. The lowest BCUT2D eigenvalue weighted by atomic mass is 10.2. The van der Waals surface area contributed by atoms with E-state index in [4.69, 9.17) is 16.2 Å². The van der Waals surface area contributed by atoms with Crippen molar-refractivity contribution in [1.29, 1.82) is 0 Å². The maximum Gasteiger partial charge on any atom is 0.320 e. The molecule has 0 aliphatic heterocycles. The van der Waals surface area contributed by atoms with E-state index in [0.717, 1.165) is 12.0 Å². The maximum atomic E-state index is 11.8. The third-order valence-electron chi connectivity index (χ3n) is 4.35.